The third kappa shape index (κ3) is 4.04. The second-order valence-corrected chi connectivity index (χ2v) is 7.51. The normalized spacial score (nSPS) is 11.6. The number of carbonyl (C=O) groups excluding carboxylic acids is 1. The summed E-state index contributed by atoms with van der Waals surface area (Å²) in [5, 5.41) is 10.5. The molecule has 3 rings (SSSR count). The summed E-state index contributed by atoms with van der Waals surface area (Å²) in [6.07, 6.45) is 0. The van der Waals surface area contributed by atoms with Gasteiger partial charge in [-0.15, -0.1) is 0 Å². The van der Waals surface area contributed by atoms with E-state index in [2.05, 4.69) is 20.2 Å². The molecule has 0 unspecified atom stereocenters. The average molecular weight is 358 g/mol. The van der Waals surface area contributed by atoms with E-state index in [0.717, 1.165) is 16.5 Å². The SMILES string of the molecule is CNS(=O)(=O)Cc1ccc(CNC(=O)c2n[nH]c3ccccc23)cc1. The van der Waals surface area contributed by atoms with Crippen LogP contribution in [-0.4, -0.2) is 31.6 Å². The predicted octanol–water partition coefficient (Wildman–Crippen LogP) is 1.54. The van der Waals surface area contributed by atoms with Gasteiger partial charge in [-0.2, -0.15) is 5.10 Å². The molecule has 0 saturated carbocycles. The zero-order chi connectivity index (χ0) is 17.9. The van der Waals surface area contributed by atoms with Crippen molar-refractivity contribution in [1.29, 1.82) is 0 Å². The lowest BCUT2D eigenvalue weighted by molar-refractivity contribution is 0.0947. The zero-order valence-corrected chi connectivity index (χ0v) is 14.4. The number of benzene rings is 2. The van der Waals surface area contributed by atoms with E-state index < -0.39 is 10.0 Å². The summed E-state index contributed by atoms with van der Waals surface area (Å²) in [6, 6.07) is 14.5. The second-order valence-electron chi connectivity index (χ2n) is 5.58. The molecule has 0 spiro atoms. The summed E-state index contributed by atoms with van der Waals surface area (Å²) in [6.45, 7) is 0.332. The van der Waals surface area contributed by atoms with Crippen LogP contribution in [0.25, 0.3) is 10.9 Å². The first-order chi connectivity index (χ1) is 12.0. The van der Waals surface area contributed by atoms with Gasteiger partial charge >= 0.3 is 0 Å². The van der Waals surface area contributed by atoms with Gasteiger partial charge in [0, 0.05) is 11.9 Å². The summed E-state index contributed by atoms with van der Waals surface area (Å²) in [5.41, 5.74) is 2.72. The number of hydrogen-bond acceptors (Lipinski definition) is 4. The van der Waals surface area contributed by atoms with Crippen molar-refractivity contribution in [3.05, 3.63) is 65.4 Å². The van der Waals surface area contributed by atoms with Crippen molar-refractivity contribution in [2.45, 2.75) is 12.3 Å². The first kappa shape index (κ1) is 17.1. The highest BCUT2D eigenvalue weighted by Gasteiger charge is 2.13. The third-order valence-electron chi connectivity index (χ3n) is 3.83. The molecule has 0 atom stereocenters. The smallest absolute Gasteiger partial charge is 0.272 e. The van der Waals surface area contributed by atoms with Crippen molar-refractivity contribution < 1.29 is 13.2 Å². The highest BCUT2D eigenvalue weighted by atomic mass is 32.2. The highest BCUT2D eigenvalue weighted by Crippen LogP contribution is 2.15. The second kappa shape index (κ2) is 7.04. The number of para-hydroxylation sites is 1. The monoisotopic (exact) mass is 358 g/mol. The Morgan fingerprint density at radius 2 is 1.76 bits per heavy atom. The van der Waals surface area contributed by atoms with E-state index in [-0.39, 0.29) is 11.7 Å². The van der Waals surface area contributed by atoms with Crippen LogP contribution in [0.1, 0.15) is 21.6 Å². The highest BCUT2D eigenvalue weighted by molar-refractivity contribution is 7.88. The minimum atomic E-state index is -3.29. The fourth-order valence-corrected chi connectivity index (χ4v) is 3.22. The van der Waals surface area contributed by atoms with E-state index in [1.165, 1.54) is 7.05 Å². The van der Waals surface area contributed by atoms with Gasteiger partial charge in [0.25, 0.3) is 5.91 Å². The average Bonchev–Trinajstić information content (AvgIpc) is 3.05. The zero-order valence-electron chi connectivity index (χ0n) is 13.6. The Labute approximate surface area is 145 Å². The molecule has 1 heterocycles. The number of aromatic nitrogens is 2. The molecule has 0 radical (unpaired) electrons. The number of H-pyrrole nitrogens is 1. The van der Waals surface area contributed by atoms with Crippen molar-refractivity contribution in [3.8, 4) is 0 Å². The molecule has 130 valence electrons. The number of nitrogens with one attached hydrogen (secondary N) is 3. The molecular formula is C17H18N4O3S. The predicted molar refractivity (Wildman–Crippen MR) is 95.4 cm³/mol. The van der Waals surface area contributed by atoms with Crippen LogP contribution in [0.2, 0.25) is 0 Å². The number of amides is 1. The van der Waals surface area contributed by atoms with Crippen molar-refractivity contribution in [2.24, 2.45) is 0 Å². The van der Waals surface area contributed by atoms with Crippen LogP contribution >= 0.6 is 0 Å². The molecule has 0 saturated heterocycles. The van der Waals surface area contributed by atoms with Gasteiger partial charge in [-0.25, -0.2) is 13.1 Å². The Morgan fingerprint density at radius 1 is 1.08 bits per heavy atom. The maximum atomic E-state index is 12.3. The van der Waals surface area contributed by atoms with Gasteiger partial charge in [-0.1, -0.05) is 42.5 Å². The summed E-state index contributed by atoms with van der Waals surface area (Å²) < 4.78 is 25.3. The molecule has 0 aliphatic heterocycles. The maximum absolute atomic E-state index is 12.3. The standard InChI is InChI=1S/C17H18N4O3S/c1-18-25(23,24)11-13-8-6-12(7-9-13)10-19-17(22)16-14-4-2-3-5-15(14)20-21-16/h2-9,18H,10-11H2,1H3,(H,19,22)(H,20,21). The lowest BCUT2D eigenvalue weighted by Gasteiger charge is -2.06. The molecule has 25 heavy (non-hydrogen) atoms. The number of rotatable bonds is 6. The maximum Gasteiger partial charge on any atom is 0.272 e. The van der Waals surface area contributed by atoms with Crippen LogP contribution in [0.3, 0.4) is 0 Å². The van der Waals surface area contributed by atoms with Gasteiger partial charge in [0.1, 0.15) is 0 Å². The van der Waals surface area contributed by atoms with E-state index >= 15 is 0 Å². The number of carbonyl (C=O) groups is 1. The topological polar surface area (TPSA) is 104 Å². The van der Waals surface area contributed by atoms with Crippen LogP contribution in [0.5, 0.6) is 0 Å². The van der Waals surface area contributed by atoms with Gasteiger partial charge in [-0.3, -0.25) is 9.89 Å². The van der Waals surface area contributed by atoms with E-state index in [0.29, 0.717) is 17.8 Å². The summed E-state index contributed by atoms with van der Waals surface area (Å²) in [7, 11) is -1.91. The summed E-state index contributed by atoms with van der Waals surface area (Å²) in [5.74, 6) is -0.339. The molecule has 0 aliphatic carbocycles. The first-order valence-corrected chi connectivity index (χ1v) is 9.34. The van der Waals surface area contributed by atoms with Gasteiger partial charge in [0.15, 0.2) is 5.69 Å². The fraction of sp³-hybridized carbons (Fsp3) is 0.176. The molecule has 1 amide bonds. The summed E-state index contributed by atoms with van der Waals surface area (Å²) >= 11 is 0. The Bertz CT molecular complexity index is 994. The van der Waals surface area contributed by atoms with Gasteiger partial charge in [0.05, 0.1) is 11.3 Å². The van der Waals surface area contributed by atoms with Crippen LogP contribution < -0.4 is 10.0 Å². The minimum Gasteiger partial charge on any atom is -0.347 e. The largest absolute Gasteiger partial charge is 0.347 e. The van der Waals surface area contributed by atoms with Gasteiger partial charge < -0.3 is 5.32 Å². The third-order valence-corrected chi connectivity index (χ3v) is 5.16. The van der Waals surface area contributed by atoms with Crippen molar-refractivity contribution >= 4 is 26.8 Å². The number of sulfonamides is 1. The lowest BCUT2D eigenvalue weighted by Crippen LogP contribution is -2.23. The van der Waals surface area contributed by atoms with Crippen molar-refractivity contribution in [2.75, 3.05) is 7.05 Å². The van der Waals surface area contributed by atoms with Crippen LogP contribution in [0, 0.1) is 0 Å². The number of aromatic amines is 1. The Hall–Kier alpha value is -2.71. The minimum absolute atomic E-state index is 0.0740. The molecule has 0 bridgehead atoms. The number of hydrogen-bond donors (Lipinski definition) is 3. The molecule has 0 fully saturated rings. The van der Waals surface area contributed by atoms with Crippen molar-refractivity contribution in [1.82, 2.24) is 20.2 Å². The lowest BCUT2D eigenvalue weighted by atomic mass is 10.1. The van der Waals surface area contributed by atoms with Gasteiger partial charge in [0.2, 0.25) is 10.0 Å². The molecule has 1 aromatic heterocycles. The molecule has 0 aliphatic rings. The number of nitrogens with zero attached hydrogens (tertiary/aromatic N) is 1. The summed E-state index contributed by atoms with van der Waals surface area (Å²) in [4.78, 5) is 12.3. The molecule has 2 aromatic carbocycles. The molecule has 3 aromatic rings. The molecule has 7 nitrogen and oxygen atoms in total. The van der Waals surface area contributed by atoms with E-state index in [9.17, 15) is 13.2 Å². The van der Waals surface area contributed by atoms with Gasteiger partial charge in [-0.05, 0) is 24.2 Å². The number of fused-ring (bicyclic) bond motifs is 1. The van der Waals surface area contributed by atoms with E-state index in [1.54, 1.807) is 24.3 Å². The van der Waals surface area contributed by atoms with E-state index in [1.807, 2.05) is 24.3 Å². The Morgan fingerprint density at radius 3 is 2.48 bits per heavy atom. The van der Waals surface area contributed by atoms with Crippen LogP contribution in [0.4, 0.5) is 0 Å². The Kier molecular flexibility index (Phi) is 4.82. The Balaban J connectivity index is 1.64. The van der Waals surface area contributed by atoms with Crippen LogP contribution in [-0.2, 0) is 22.3 Å². The molecule has 3 N–H and O–H groups in total. The van der Waals surface area contributed by atoms with Crippen molar-refractivity contribution in [3.63, 3.8) is 0 Å². The molecule has 8 heteroatoms. The fourth-order valence-electron chi connectivity index (χ4n) is 2.45. The quantitative estimate of drug-likeness (QED) is 0.622. The van der Waals surface area contributed by atoms with Crippen LogP contribution in [0.15, 0.2) is 48.5 Å². The van der Waals surface area contributed by atoms with E-state index in [4.69, 9.17) is 0 Å². The molecular weight excluding hydrogens is 340 g/mol. The first-order valence-electron chi connectivity index (χ1n) is 7.69.